The second kappa shape index (κ2) is 9.41. The van der Waals surface area contributed by atoms with Crippen molar-refractivity contribution in [1.29, 1.82) is 0 Å². The first-order valence-electron chi connectivity index (χ1n) is 6.75. The van der Waals surface area contributed by atoms with E-state index >= 15 is 0 Å². The van der Waals surface area contributed by atoms with E-state index in [0.717, 1.165) is 38.7 Å². The highest BCUT2D eigenvalue weighted by Gasteiger charge is 2.22. The van der Waals surface area contributed by atoms with E-state index in [9.17, 15) is 4.79 Å². The number of hydrogen-bond acceptors (Lipinski definition) is 2. The molecule has 1 saturated carbocycles. The zero-order valence-electron chi connectivity index (χ0n) is 11.8. The van der Waals surface area contributed by atoms with E-state index in [2.05, 4.69) is 26.8 Å². The zero-order chi connectivity index (χ0) is 13.3. The topological polar surface area (TPSA) is 37.3 Å². The van der Waals surface area contributed by atoms with Crippen LogP contribution in [0.1, 0.15) is 59.3 Å². The predicted octanol–water partition coefficient (Wildman–Crippen LogP) is 3.74. The first kappa shape index (κ1) is 16.4. The van der Waals surface area contributed by atoms with Crippen molar-refractivity contribution in [3.63, 3.8) is 0 Å². The number of carbonyl (C=O) groups is 1. The monoisotopic (exact) mass is 240 g/mol. The molecule has 100 valence electrons. The van der Waals surface area contributed by atoms with Crippen LogP contribution in [0.5, 0.6) is 0 Å². The van der Waals surface area contributed by atoms with Crippen LogP contribution in [0.25, 0.3) is 0 Å². The maximum Gasteiger partial charge on any atom is 0.139 e. The Hall–Kier alpha value is -0.630. The maximum absolute atomic E-state index is 11.7. The molecule has 1 N–H and O–H groups in total. The van der Waals surface area contributed by atoms with E-state index in [0.29, 0.717) is 5.78 Å². The Bertz CT molecular complexity index is 241. The molecule has 1 atom stereocenters. The van der Waals surface area contributed by atoms with Crippen LogP contribution in [0, 0.1) is 11.8 Å². The van der Waals surface area contributed by atoms with Gasteiger partial charge in [-0.05, 0) is 38.5 Å². The average molecular weight is 240 g/mol. The van der Waals surface area contributed by atoms with Gasteiger partial charge in [0.15, 0.2) is 0 Å². The Morgan fingerprint density at radius 3 is 2.59 bits per heavy atom. The Morgan fingerprint density at radius 2 is 2.06 bits per heavy atom. The fraction of sp³-hybridized carbons (Fsp3) is 0.800. The van der Waals surface area contributed by atoms with Crippen molar-refractivity contribution in [3.8, 4) is 0 Å². The van der Waals surface area contributed by atoms with Gasteiger partial charge in [0.2, 0.25) is 0 Å². The zero-order valence-corrected chi connectivity index (χ0v) is 11.8. The van der Waals surface area contributed by atoms with Gasteiger partial charge < -0.3 is 5.11 Å². The Morgan fingerprint density at radius 1 is 1.41 bits per heavy atom. The summed E-state index contributed by atoms with van der Waals surface area (Å²) in [7, 11) is 1.00. The lowest BCUT2D eigenvalue weighted by Crippen LogP contribution is -2.19. The fourth-order valence-corrected chi connectivity index (χ4v) is 2.25. The van der Waals surface area contributed by atoms with Gasteiger partial charge in [-0.25, -0.2) is 0 Å². The number of hydrogen-bond donors (Lipinski definition) is 1. The van der Waals surface area contributed by atoms with Gasteiger partial charge in [0.25, 0.3) is 0 Å². The summed E-state index contributed by atoms with van der Waals surface area (Å²) in [4.78, 5) is 11.7. The molecule has 1 aliphatic carbocycles. The smallest absolute Gasteiger partial charge is 0.139 e. The molecule has 0 bridgehead atoms. The molecule has 1 aliphatic rings. The number of aliphatic hydroxyl groups excluding tert-OH is 1. The van der Waals surface area contributed by atoms with E-state index in [1.54, 1.807) is 0 Å². The van der Waals surface area contributed by atoms with Crippen LogP contribution in [-0.2, 0) is 4.79 Å². The molecule has 0 radical (unpaired) electrons. The fourth-order valence-electron chi connectivity index (χ4n) is 2.25. The number of rotatable bonds is 4. The second-order valence-corrected chi connectivity index (χ2v) is 5.18. The summed E-state index contributed by atoms with van der Waals surface area (Å²) in [5.74, 6) is 1.49. The van der Waals surface area contributed by atoms with E-state index in [4.69, 9.17) is 5.11 Å². The molecule has 0 aromatic rings. The van der Waals surface area contributed by atoms with Gasteiger partial charge in [0.1, 0.15) is 5.78 Å². The number of ketones is 1. The normalized spacial score (nSPS) is 21.2. The predicted molar refractivity (Wildman–Crippen MR) is 72.9 cm³/mol. The number of carbonyl (C=O) groups excluding carboxylic acids is 1. The van der Waals surface area contributed by atoms with Gasteiger partial charge >= 0.3 is 0 Å². The summed E-state index contributed by atoms with van der Waals surface area (Å²) in [6, 6.07) is 0. The summed E-state index contributed by atoms with van der Waals surface area (Å²) >= 11 is 0. The highest BCUT2D eigenvalue weighted by Crippen LogP contribution is 2.27. The summed E-state index contributed by atoms with van der Waals surface area (Å²) in [6.07, 6.45) is 8.88. The molecular formula is C15H28O2. The minimum absolute atomic E-state index is 0.255. The lowest BCUT2D eigenvalue weighted by Gasteiger charge is -2.21. The van der Waals surface area contributed by atoms with Crippen LogP contribution in [0.4, 0.5) is 0 Å². The van der Waals surface area contributed by atoms with Crippen LogP contribution in [0.3, 0.4) is 0 Å². The summed E-state index contributed by atoms with van der Waals surface area (Å²) < 4.78 is 0. The van der Waals surface area contributed by atoms with Crippen LogP contribution >= 0.6 is 0 Å². The molecule has 0 saturated heterocycles. The highest BCUT2D eigenvalue weighted by molar-refractivity contribution is 5.84. The molecule has 2 heteroatoms. The van der Waals surface area contributed by atoms with Crippen molar-refractivity contribution in [2.24, 2.45) is 11.8 Å². The van der Waals surface area contributed by atoms with Gasteiger partial charge in [-0.2, -0.15) is 0 Å². The van der Waals surface area contributed by atoms with Gasteiger partial charge in [0.05, 0.1) is 0 Å². The van der Waals surface area contributed by atoms with Crippen molar-refractivity contribution >= 4 is 5.78 Å². The third-order valence-electron chi connectivity index (χ3n) is 3.31. The first-order valence-corrected chi connectivity index (χ1v) is 6.75. The maximum atomic E-state index is 11.7. The largest absolute Gasteiger partial charge is 0.400 e. The lowest BCUT2D eigenvalue weighted by atomic mass is 9.83. The van der Waals surface area contributed by atoms with Crippen molar-refractivity contribution in [1.82, 2.24) is 0 Å². The molecule has 1 unspecified atom stereocenters. The number of Topliss-reactive ketones (excluding diaryl/α,β-unsaturated/α-hetero) is 1. The molecule has 1 rings (SSSR count). The van der Waals surface area contributed by atoms with Crippen LogP contribution in [0.2, 0.25) is 0 Å². The third kappa shape index (κ3) is 6.62. The molecule has 0 aromatic carbocycles. The van der Waals surface area contributed by atoms with Crippen LogP contribution in [0.15, 0.2) is 11.6 Å². The molecule has 1 fully saturated rings. The SMILES string of the molecule is C/C(=C\CCC(C)C)C1CCCCC1=O.CO. The summed E-state index contributed by atoms with van der Waals surface area (Å²) in [5, 5.41) is 7.00. The van der Waals surface area contributed by atoms with Crippen LogP contribution < -0.4 is 0 Å². The molecular weight excluding hydrogens is 212 g/mol. The van der Waals surface area contributed by atoms with E-state index in [-0.39, 0.29) is 5.92 Å². The molecule has 0 amide bonds. The van der Waals surface area contributed by atoms with E-state index in [1.807, 2.05) is 0 Å². The minimum atomic E-state index is 0.255. The first-order chi connectivity index (χ1) is 8.11. The number of aliphatic hydroxyl groups is 1. The van der Waals surface area contributed by atoms with Gasteiger partial charge in [-0.15, -0.1) is 0 Å². The second-order valence-electron chi connectivity index (χ2n) is 5.18. The Balaban J connectivity index is 0.00000121. The van der Waals surface area contributed by atoms with Gasteiger partial charge in [-0.1, -0.05) is 31.9 Å². The summed E-state index contributed by atoms with van der Waals surface area (Å²) in [5.41, 5.74) is 1.32. The van der Waals surface area contributed by atoms with Crippen molar-refractivity contribution in [3.05, 3.63) is 11.6 Å². The van der Waals surface area contributed by atoms with E-state index < -0.39 is 0 Å². The Kier molecular flexibility index (Phi) is 9.06. The Labute approximate surface area is 106 Å². The molecule has 0 spiro atoms. The third-order valence-corrected chi connectivity index (χ3v) is 3.31. The van der Waals surface area contributed by atoms with Gasteiger partial charge in [0, 0.05) is 19.4 Å². The van der Waals surface area contributed by atoms with Crippen LogP contribution in [-0.4, -0.2) is 18.0 Å². The number of allylic oxidation sites excluding steroid dienone is 2. The minimum Gasteiger partial charge on any atom is -0.400 e. The summed E-state index contributed by atoms with van der Waals surface area (Å²) in [6.45, 7) is 6.62. The molecule has 0 aliphatic heterocycles. The highest BCUT2D eigenvalue weighted by atomic mass is 16.2. The van der Waals surface area contributed by atoms with Crippen molar-refractivity contribution < 1.29 is 9.90 Å². The lowest BCUT2D eigenvalue weighted by molar-refractivity contribution is -0.123. The van der Waals surface area contributed by atoms with E-state index in [1.165, 1.54) is 18.4 Å². The van der Waals surface area contributed by atoms with Crippen molar-refractivity contribution in [2.75, 3.05) is 7.11 Å². The molecule has 0 heterocycles. The molecule has 0 aromatic heterocycles. The molecule has 17 heavy (non-hydrogen) atoms. The quantitative estimate of drug-likeness (QED) is 0.760. The van der Waals surface area contributed by atoms with Crippen molar-refractivity contribution in [2.45, 2.75) is 59.3 Å². The van der Waals surface area contributed by atoms with Gasteiger partial charge in [-0.3, -0.25) is 4.79 Å². The molecule has 2 nitrogen and oxygen atoms in total. The average Bonchev–Trinajstić information content (AvgIpc) is 2.31. The standard InChI is InChI=1S/C14H24O.CH4O/c1-11(2)7-6-8-12(3)13-9-4-5-10-14(13)15;1-2/h8,11,13H,4-7,9-10H2,1-3H3;2H,1H3/b12-8+;.